The number of aliphatic hydroxyl groups excluding tert-OH is 1. The van der Waals surface area contributed by atoms with Gasteiger partial charge in [-0.25, -0.2) is 4.79 Å². The zero-order valence-electron chi connectivity index (χ0n) is 7.51. The molecule has 1 aromatic rings. The summed E-state index contributed by atoms with van der Waals surface area (Å²) in [5.74, 6) is 0. The average molecular weight is 200 g/mol. The highest BCUT2D eigenvalue weighted by molar-refractivity contribution is 4.82. The van der Waals surface area contributed by atoms with Crippen molar-refractivity contribution < 1.29 is 10.2 Å². The lowest BCUT2D eigenvalue weighted by atomic mass is 10.3. The number of aliphatic hydroxyl groups is 2. The number of aromatic nitrogens is 2. The maximum atomic E-state index is 11.1. The molecule has 1 aromatic heterocycles. The van der Waals surface area contributed by atoms with Crippen LogP contribution in [0.5, 0.6) is 0 Å². The van der Waals surface area contributed by atoms with E-state index in [1.165, 1.54) is 12.3 Å². The van der Waals surface area contributed by atoms with Gasteiger partial charge in [-0.05, 0) is 12.8 Å². The Morgan fingerprint density at radius 2 is 2.14 bits per heavy atom. The van der Waals surface area contributed by atoms with Crippen molar-refractivity contribution in [1.29, 1.82) is 0 Å². The first-order chi connectivity index (χ1) is 6.61. The highest BCUT2D eigenvalue weighted by Crippen LogP contribution is 1.93. The normalized spacial score (nSPS) is 10.8. The van der Waals surface area contributed by atoms with Gasteiger partial charge in [0.25, 0.3) is 5.56 Å². The van der Waals surface area contributed by atoms with Crippen LogP contribution in [0.2, 0.25) is 0 Å². The van der Waals surface area contributed by atoms with Gasteiger partial charge in [0.1, 0.15) is 0 Å². The third kappa shape index (κ3) is 2.82. The summed E-state index contributed by atoms with van der Waals surface area (Å²) in [6.07, 6.45) is 0.390. The molecule has 14 heavy (non-hydrogen) atoms. The number of nitrogens with one attached hydrogen (secondary N) is 1. The van der Waals surface area contributed by atoms with Crippen molar-refractivity contribution in [2.45, 2.75) is 25.7 Å². The minimum absolute atomic E-state index is 0.140. The zero-order valence-corrected chi connectivity index (χ0v) is 7.51. The lowest BCUT2D eigenvalue weighted by Crippen LogP contribution is -2.34. The van der Waals surface area contributed by atoms with Crippen LogP contribution < -0.4 is 11.2 Å². The molecule has 0 radical (unpaired) electrons. The Kier molecular flexibility index (Phi) is 3.61. The predicted molar refractivity (Wildman–Crippen MR) is 48.8 cm³/mol. The topological polar surface area (TPSA) is 95.3 Å². The largest absolute Gasteiger partial charge is 0.368 e. The summed E-state index contributed by atoms with van der Waals surface area (Å²) in [6, 6.07) is 1.25. The summed E-state index contributed by atoms with van der Waals surface area (Å²) >= 11 is 0. The van der Waals surface area contributed by atoms with Crippen LogP contribution in [-0.4, -0.2) is 26.1 Å². The van der Waals surface area contributed by atoms with Crippen molar-refractivity contribution in [3.63, 3.8) is 0 Å². The molecule has 6 nitrogen and oxygen atoms in total. The van der Waals surface area contributed by atoms with Crippen molar-refractivity contribution in [1.82, 2.24) is 9.55 Å². The summed E-state index contributed by atoms with van der Waals surface area (Å²) < 4.78 is 1.02. The van der Waals surface area contributed by atoms with Gasteiger partial charge in [0.2, 0.25) is 0 Å². The smallest absolute Gasteiger partial charge is 0.328 e. The standard InChI is InChI=1S/C8H12N2O4/c11-6-3-4-9-8(14)10(6)5-1-2-7(12)13/h3-4,7,12-13H,1-2,5H2,(H,9,14). The highest BCUT2D eigenvalue weighted by Gasteiger charge is 2.01. The fraction of sp³-hybridized carbons (Fsp3) is 0.500. The summed E-state index contributed by atoms with van der Waals surface area (Å²) in [4.78, 5) is 24.6. The fourth-order valence-electron chi connectivity index (χ4n) is 1.10. The van der Waals surface area contributed by atoms with Crippen LogP contribution in [0.4, 0.5) is 0 Å². The first-order valence-electron chi connectivity index (χ1n) is 4.26. The van der Waals surface area contributed by atoms with E-state index >= 15 is 0 Å². The van der Waals surface area contributed by atoms with Gasteiger partial charge in [-0.3, -0.25) is 9.36 Å². The minimum atomic E-state index is -1.39. The second-order valence-electron chi connectivity index (χ2n) is 2.90. The summed E-state index contributed by atoms with van der Waals surface area (Å²) in [6.45, 7) is 0.187. The van der Waals surface area contributed by atoms with Crippen molar-refractivity contribution in [2.75, 3.05) is 0 Å². The fourth-order valence-corrected chi connectivity index (χ4v) is 1.10. The molecule has 0 fully saturated rings. The number of hydrogen-bond acceptors (Lipinski definition) is 4. The van der Waals surface area contributed by atoms with E-state index in [0.717, 1.165) is 4.57 Å². The molecule has 1 heterocycles. The molecule has 78 valence electrons. The van der Waals surface area contributed by atoms with Crippen LogP contribution in [-0.2, 0) is 6.54 Å². The Morgan fingerprint density at radius 1 is 1.43 bits per heavy atom. The molecule has 0 bridgehead atoms. The Bertz CT molecular complexity index is 365. The quantitative estimate of drug-likeness (QED) is 0.522. The third-order valence-corrected chi connectivity index (χ3v) is 1.79. The lowest BCUT2D eigenvalue weighted by Gasteiger charge is -2.04. The Labute approximate surface area is 79.5 Å². The van der Waals surface area contributed by atoms with Crippen molar-refractivity contribution >= 4 is 0 Å². The number of nitrogens with zero attached hydrogens (tertiary/aromatic N) is 1. The van der Waals surface area contributed by atoms with E-state index in [9.17, 15) is 9.59 Å². The van der Waals surface area contributed by atoms with Crippen LogP contribution in [0, 0.1) is 0 Å². The van der Waals surface area contributed by atoms with Gasteiger partial charge >= 0.3 is 5.69 Å². The van der Waals surface area contributed by atoms with E-state index in [4.69, 9.17) is 10.2 Å². The van der Waals surface area contributed by atoms with Crippen LogP contribution in [0.15, 0.2) is 21.9 Å². The predicted octanol–water partition coefficient (Wildman–Crippen LogP) is -1.37. The third-order valence-electron chi connectivity index (χ3n) is 1.79. The van der Waals surface area contributed by atoms with Crippen molar-refractivity contribution in [3.8, 4) is 0 Å². The van der Waals surface area contributed by atoms with E-state index in [0.29, 0.717) is 6.42 Å². The Balaban J connectivity index is 2.68. The molecule has 0 unspecified atom stereocenters. The first-order valence-corrected chi connectivity index (χ1v) is 4.26. The second-order valence-corrected chi connectivity index (χ2v) is 2.90. The van der Waals surface area contributed by atoms with Crippen LogP contribution in [0.25, 0.3) is 0 Å². The molecule has 0 atom stereocenters. The number of H-pyrrole nitrogens is 1. The molecule has 3 N–H and O–H groups in total. The molecule has 0 amide bonds. The molecular formula is C8H12N2O4. The average Bonchev–Trinajstić information content (AvgIpc) is 2.09. The van der Waals surface area contributed by atoms with E-state index in [-0.39, 0.29) is 18.5 Å². The van der Waals surface area contributed by atoms with E-state index in [1.54, 1.807) is 0 Å². The first kappa shape index (κ1) is 10.7. The van der Waals surface area contributed by atoms with Crippen molar-refractivity contribution in [2.24, 2.45) is 0 Å². The molecule has 6 heteroatoms. The molecule has 0 aliphatic heterocycles. The van der Waals surface area contributed by atoms with Crippen LogP contribution in [0.1, 0.15) is 12.8 Å². The zero-order chi connectivity index (χ0) is 10.6. The van der Waals surface area contributed by atoms with E-state index < -0.39 is 12.0 Å². The number of hydrogen-bond donors (Lipinski definition) is 3. The maximum absolute atomic E-state index is 11.1. The minimum Gasteiger partial charge on any atom is -0.368 e. The molecule has 0 aliphatic carbocycles. The molecule has 1 rings (SSSR count). The second kappa shape index (κ2) is 4.73. The molecule has 0 aromatic carbocycles. The summed E-state index contributed by atoms with van der Waals surface area (Å²) in [7, 11) is 0. The van der Waals surface area contributed by atoms with E-state index in [1.807, 2.05) is 0 Å². The van der Waals surface area contributed by atoms with Gasteiger partial charge < -0.3 is 15.2 Å². The molecule has 0 aliphatic rings. The summed E-state index contributed by atoms with van der Waals surface area (Å²) in [5.41, 5.74) is -0.869. The highest BCUT2D eigenvalue weighted by atomic mass is 16.5. The lowest BCUT2D eigenvalue weighted by molar-refractivity contribution is -0.0469. The Morgan fingerprint density at radius 3 is 2.71 bits per heavy atom. The molecule has 0 saturated carbocycles. The maximum Gasteiger partial charge on any atom is 0.328 e. The van der Waals surface area contributed by atoms with Gasteiger partial charge in [0.05, 0.1) is 0 Å². The summed E-state index contributed by atoms with van der Waals surface area (Å²) in [5, 5.41) is 17.1. The van der Waals surface area contributed by atoms with Crippen LogP contribution >= 0.6 is 0 Å². The monoisotopic (exact) mass is 200 g/mol. The van der Waals surface area contributed by atoms with Crippen LogP contribution in [0.3, 0.4) is 0 Å². The Hall–Kier alpha value is -1.40. The number of rotatable bonds is 4. The van der Waals surface area contributed by atoms with Gasteiger partial charge in [0, 0.05) is 18.8 Å². The van der Waals surface area contributed by atoms with Gasteiger partial charge in [-0.15, -0.1) is 0 Å². The SMILES string of the molecule is O=c1cc[nH]c(=O)n1CCCC(O)O. The van der Waals surface area contributed by atoms with Crippen molar-refractivity contribution in [3.05, 3.63) is 33.1 Å². The van der Waals surface area contributed by atoms with Gasteiger partial charge in [-0.2, -0.15) is 0 Å². The van der Waals surface area contributed by atoms with Gasteiger partial charge in [0.15, 0.2) is 6.29 Å². The van der Waals surface area contributed by atoms with E-state index in [2.05, 4.69) is 4.98 Å². The molecule has 0 saturated heterocycles. The molecule has 0 spiro atoms. The number of aromatic amines is 1. The molecular weight excluding hydrogens is 188 g/mol. The van der Waals surface area contributed by atoms with Gasteiger partial charge in [-0.1, -0.05) is 0 Å².